The van der Waals surface area contributed by atoms with Gasteiger partial charge in [0, 0.05) is 12.4 Å². The summed E-state index contributed by atoms with van der Waals surface area (Å²) in [5.41, 5.74) is -1.32. The summed E-state index contributed by atoms with van der Waals surface area (Å²) in [6.07, 6.45) is 4.50. The molecule has 0 fully saturated rings. The minimum Gasteiger partial charge on any atom is -0.462 e. The van der Waals surface area contributed by atoms with Crippen molar-refractivity contribution in [3.8, 4) is 5.69 Å². The van der Waals surface area contributed by atoms with Gasteiger partial charge in [-0.15, -0.1) is 0 Å². The molecule has 0 N–H and O–H groups in total. The number of benzene rings is 2. The van der Waals surface area contributed by atoms with Crippen molar-refractivity contribution in [3.05, 3.63) is 92.3 Å². The SMILES string of the molecule is CCOC(=O)c1cccc(-n2ccnc2)c1[N+](=O)[O-].CCOC(=O)c1cccc(F)c1[N+](=O)[O-]. The second-order valence-electron chi connectivity index (χ2n) is 6.23. The zero-order chi connectivity index (χ0) is 25.3. The largest absolute Gasteiger partial charge is 0.462 e. The van der Waals surface area contributed by atoms with Crippen molar-refractivity contribution in [2.45, 2.75) is 13.8 Å². The maximum atomic E-state index is 13.1. The summed E-state index contributed by atoms with van der Waals surface area (Å²) in [7, 11) is 0. The van der Waals surface area contributed by atoms with Crippen LogP contribution in [0.5, 0.6) is 0 Å². The number of nitro groups is 2. The number of halogens is 1. The van der Waals surface area contributed by atoms with Crippen LogP contribution in [0.3, 0.4) is 0 Å². The van der Waals surface area contributed by atoms with Crippen molar-refractivity contribution in [2.24, 2.45) is 0 Å². The number of para-hydroxylation sites is 2. The van der Waals surface area contributed by atoms with Gasteiger partial charge in [0.25, 0.3) is 0 Å². The molecule has 0 aliphatic carbocycles. The van der Waals surface area contributed by atoms with E-state index in [9.17, 15) is 34.2 Å². The number of ether oxygens (including phenoxy) is 2. The van der Waals surface area contributed by atoms with E-state index in [0.29, 0.717) is 0 Å². The Labute approximate surface area is 191 Å². The van der Waals surface area contributed by atoms with Gasteiger partial charge in [0.2, 0.25) is 5.82 Å². The lowest BCUT2D eigenvalue weighted by Crippen LogP contribution is -2.10. The maximum Gasteiger partial charge on any atom is 0.345 e. The molecule has 3 rings (SSSR count). The Balaban J connectivity index is 0.000000248. The van der Waals surface area contributed by atoms with Gasteiger partial charge in [0.05, 0.1) is 29.4 Å². The molecule has 13 heteroatoms. The van der Waals surface area contributed by atoms with Gasteiger partial charge in [0.1, 0.15) is 16.8 Å². The number of imidazole rings is 1. The summed E-state index contributed by atoms with van der Waals surface area (Å²) in [5.74, 6) is -2.66. The Kier molecular flexibility index (Phi) is 8.88. The van der Waals surface area contributed by atoms with E-state index in [1.807, 2.05) is 0 Å². The predicted octanol–water partition coefficient (Wildman–Crippen LogP) is 3.87. The lowest BCUT2D eigenvalue weighted by Gasteiger charge is -2.07. The number of hydrogen-bond acceptors (Lipinski definition) is 9. The summed E-state index contributed by atoms with van der Waals surface area (Å²) in [5, 5.41) is 21.7. The van der Waals surface area contributed by atoms with Crippen LogP contribution in [-0.2, 0) is 9.47 Å². The first-order valence-electron chi connectivity index (χ1n) is 9.75. The zero-order valence-corrected chi connectivity index (χ0v) is 18.0. The van der Waals surface area contributed by atoms with Gasteiger partial charge in [-0.1, -0.05) is 12.1 Å². The predicted molar refractivity (Wildman–Crippen MR) is 115 cm³/mol. The molecule has 2 aromatic carbocycles. The highest BCUT2D eigenvalue weighted by Crippen LogP contribution is 2.28. The van der Waals surface area contributed by atoms with E-state index < -0.39 is 33.3 Å². The molecule has 0 saturated heterocycles. The smallest absolute Gasteiger partial charge is 0.345 e. The Morgan fingerprint density at radius 1 is 0.941 bits per heavy atom. The number of carbonyl (C=O) groups is 2. The van der Waals surface area contributed by atoms with E-state index in [2.05, 4.69) is 9.72 Å². The maximum absolute atomic E-state index is 13.1. The highest BCUT2D eigenvalue weighted by Gasteiger charge is 2.26. The minimum atomic E-state index is -1.05. The quantitative estimate of drug-likeness (QED) is 0.282. The van der Waals surface area contributed by atoms with Crippen molar-refractivity contribution in [2.75, 3.05) is 13.2 Å². The molecule has 0 bridgehead atoms. The molecule has 0 aliphatic heterocycles. The fourth-order valence-corrected chi connectivity index (χ4v) is 2.78. The highest BCUT2D eigenvalue weighted by atomic mass is 19.1. The first-order chi connectivity index (χ1) is 16.2. The van der Waals surface area contributed by atoms with Crippen LogP contribution in [0.25, 0.3) is 5.69 Å². The molecule has 34 heavy (non-hydrogen) atoms. The summed E-state index contributed by atoms with van der Waals surface area (Å²) in [6.45, 7) is 3.43. The normalized spacial score (nSPS) is 9.97. The van der Waals surface area contributed by atoms with Gasteiger partial charge in [-0.2, -0.15) is 4.39 Å². The Morgan fingerprint density at radius 3 is 1.94 bits per heavy atom. The van der Waals surface area contributed by atoms with Crippen molar-refractivity contribution >= 4 is 23.3 Å². The molecular weight excluding hydrogens is 455 g/mol. The standard InChI is InChI=1S/C12H11N3O4.C9H8FNO4/c1-2-19-12(16)9-4-3-5-10(11(9)15(17)18)14-7-6-13-8-14;1-2-15-9(12)6-4-3-5-7(10)8(6)11(13)14/h3-8H,2H2,1H3;3-5H,2H2,1H3. The third-order valence-electron chi connectivity index (χ3n) is 4.14. The van der Waals surface area contributed by atoms with Crippen molar-refractivity contribution in [3.63, 3.8) is 0 Å². The molecule has 0 spiro atoms. The number of carbonyl (C=O) groups excluding carboxylic acids is 2. The van der Waals surface area contributed by atoms with Crippen LogP contribution in [0.15, 0.2) is 55.1 Å². The molecule has 12 nitrogen and oxygen atoms in total. The van der Waals surface area contributed by atoms with Crippen LogP contribution in [0.1, 0.15) is 34.6 Å². The summed E-state index contributed by atoms with van der Waals surface area (Å²) in [6, 6.07) is 7.77. The first-order valence-corrected chi connectivity index (χ1v) is 9.75. The number of hydrogen-bond donors (Lipinski definition) is 0. The third kappa shape index (κ3) is 5.97. The lowest BCUT2D eigenvalue weighted by molar-refractivity contribution is -0.387. The van der Waals surface area contributed by atoms with Crippen LogP contribution in [-0.4, -0.2) is 44.6 Å². The molecule has 0 saturated carbocycles. The summed E-state index contributed by atoms with van der Waals surface area (Å²) in [4.78, 5) is 47.0. The second kappa shape index (κ2) is 11.8. The Bertz CT molecular complexity index is 1200. The summed E-state index contributed by atoms with van der Waals surface area (Å²) >= 11 is 0. The van der Waals surface area contributed by atoms with Gasteiger partial charge in [-0.25, -0.2) is 14.6 Å². The van der Waals surface area contributed by atoms with Gasteiger partial charge < -0.3 is 14.0 Å². The summed E-state index contributed by atoms with van der Waals surface area (Å²) < 4.78 is 23.9. The number of rotatable bonds is 7. The van der Waals surface area contributed by atoms with Crippen molar-refractivity contribution in [1.82, 2.24) is 9.55 Å². The van der Waals surface area contributed by atoms with E-state index in [1.54, 1.807) is 32.2 Å². The van der Waals surface area contributed by atoms with Crippen LogP contribution in [0, 0.1) is 26.0 Å². The number of aromatic nitrogens is 2. The average Bonchev–Trinajstić information content (AvgIpc) is 3.33. The molecule has 0 aliphatic rings. The van der Waals surface area contributed by atoms with E-state index in [4.69, 9.17) is 4.74 Å². The highest BCUT2D eigenvalue weighted by molar-refractivity contribution is 5.95. The third-order valence-corrected chi connectivity index (χ3v) is 4.14. The monoisotopic (exact) mass is 474 g/mol. The second-order valence-corrected chi connectivity index (χ2v) is 6.23. The van der Waals surface area contributed by atoms with Crippen LogP contribution >= 0.6 is 0 Å². The zero-order valence-electron chi connectivity index (χ0n) is 18.0. The number of nitro benzene ring substituents is 2. The molecule has 0 amide bonds. The Hall–Kier alpha value is -4.68. The molecular formula is C21H19FN4O8. The molecule has 1 aromatic heterocycles. The van der Waals surface area contributed by atoms with E-state index in [-0.39, 0.29) is 35.7 Å². The molecule has 0 radical (unpaired) electrons. The van der Waals surface area contributed by atoms with Gasteiger partial charge in [-0.05, 0) is 38.1 Å². The van der Waals surface area contributed by atoms with E-state index in [0.717, 1.165) is 12.1 Å². The van der Waals surface area contributed by atoms with E-state index >= 15 is 0 Å². The minimum absolute atomic E-state index is 0.0712. The number of nitrogens with zero attached hydrogens (tertiary/aromatic N) is 4. The molecule has 1 heterocycles. The average molecular weight is 474 g/mol. The van der Waals surface area contributed by atoms with Crippen molar-refractivity contribution < 1.29 is 33.3 Å². The molecule has 178 valence electrons. The van der Waals surface area contributed by atoms with Crippen LogP contribution in [0.2, 0.25) is 0 Å². The molecule has 0 atom stereocenters. The molecule has 0 unspecified atom stereocenters. The van der Waals surface area contributed by atoms with Crippen LogP contribution in [0.4, 0.5) is 15.8 Å². The van der Waals surface area contributed by atoms with Gasteiger partial charge >= 0.3 is 23.3 Å². The van der Waals surface area contributed by atoms with Gasteiger partial charge in [-0.3, -0.25) is 20.2 Å². The van der Waals surface area contributed by atoms with Gasteiger partial charge in [0.15, 0.2) is 0 Å². The fraction of sp³-hybridized carbons (Fsp3) is 0.190. The van der Waals surface area contributed by atoms with E-state index in [1.165, 1.54) is 29.2 Å². The fourth-order valence-electron chi connectivity index (χ4n) is 2.78. The Morgan fingerprint density at radius 2 is 1.47 bits per heavy atom. The van der Waals surface area contributed by atoms with Crippen LogP contribution < -0.4 is 0 Å². The molecule has 3 aromatic rings. The van der Waals surface area contributed by atoms with Crippen molar-refractivity contribution in [1.29, 1.82) is 0 Å². The number of esters is 2. The topological polar surface area (TPSA) is 157 Å². The first kappa shape index (κ1) is 25.6. The lowest BCUT2D eigenvalue weighted by atomic mass is 10.1.